The molecule has 0 radical (unpaired) electrons. The molecular formula is C18H21ClN2O3. The van der Waals surface area contributed by atoms with Crippen molar-refractivity contribution in [2.75, 3.05) is 19.0 Å². The molecule has 3 N–H and O–H groups in total. The fourth-order valence-electron chi connectivity index (χ4n) is 2.30. The van der Waals surface area contributed by atoms with Gasteiger partial charge in [-0.15, -0.1) is 0 Å². The summed E-state index contributed by atoms with van der Waals surface area (Å²) >= 11 is 6.12. The maximum atomic E-state index is 12.0. The van der Waals surface area contributed by atoms with Gasteiger partial charge in [0.15, 0.2) is 0 Å². The fraction of sp³-hybridized carbons (Fsp3) is 0.278. The summed E-state index contributed by atoms with van der Waals surface area (Å²) in [6, 6.07) is 14.5. The second-order valence-corrected chi connectivity index (χ2v) is 5.78. The van der Waals surface area contributed by atoms with Gasteiger partial charge in [0.2, 0.25) is 0 Å². The Hall–Kier alpha value is -2.08. The first-order chi connectivity index (χ1) is 11.6. The maximum absolute atomic E-state index is 12.0. The van der Waals surface area contributed by atoms with Crippen molar-refractivity contribution in [1.29, 1.82) is 0 Å². The molecule has 0 aliphatic rings. The minimum absolute atomic E-state index is 0.154. The van der Waals surface area contributed by atoms with Crippen molar-refractivity contribution in [2.45, 2.75) is 19.1 Å². The highest BCUT2D eigenvalue weighted by Gasteiger charge is 2.11. The Morgan fingerprint density at radius 3 is 2.67 bits per heavy atom. The number of ether oxygens (including phenoxy) is 1. The number of halogens is 1. The summed E-state index contributed by atoms with van der Waals surface area (Å²) in [6.07, 6.45) is -0.177. The van der Waals surface area contributed by atoms with Crippen molar-refractivity contribution in [3.63, 3.8) is 0 Å². The molecule has 0 saturated carbocycles. The molecule has 128 valence electrons. The summed E-state index contributed by atoms with van der Waals surface area (Å²) in [6.45, 7) is 0.451. The molecule has 2 rings (SSSR count). The van der Waals surface area contributed by atoms with E-state index in [4.69, 9.17) is 16.3 Å². The molecular weight excluding hydrogens is 328 g/mol. The van der Waals surface area contributed by atoms with E-state index in [0.29, 0.717) is 29.3 Å². The van der Waals surface area contributed by atoms with Gasteiger partial charge in [0.25, 0.3) is 0 Å². The lowest BCUT2D eigenvalue weighted by atomic mass is 10.1. The van der Waals surface area contributed by atoms with Crippen LogP contribution in [0.4, 0.5) is 10.5 Å². The van der Waals surface area contributed by atoms with Crippen LogP contribution in [0.2, 0.25) is 5.02 Å². The molecule has 2 aromatic carbocycles. The van der Waals surface area contributed by atoms with Crippen molar-refractivity contribution in [2.24, 2.45) is 0 Å². The van der Waals surface area contributed by atoms with Gasteiger partial charge in [-0.1, -0.05) is 48.0 Å². The van der Waals surface area contributed by atoms with Crippen LogP contribution in [0.5, 0.6) is 0 Å². The number of aliphatic hydroxyl groups is 1. The Kier molecular flexibility index (Phi) is 7.06. The van der Waals surface area contributed by atoms with Crippen molar-refractivity contribution >= 4 is 23.3 Å². The number of methoxy groups -OCH3 is 1. The molecule has 2 amide bonds. The monoisotopic (exact) mass is 348 g/mol. The first-order valence-corrected chi connectivity index (χ1v) is 8.01. The van der Waals surface area contributed by atoms with Crippen LogP contribution in [0.15, 0.2) is 48.5 Å². The first-order valence-electron chi connectivity index (χ1n) is 7.63. The van der Waals surface area contributed by atoms with E-state index in [1.807, 2.05) is 30.3 Å². The van der Waals surface area contributed by atoms with E-state index >= 15 is 0 Å². The van der Waals surface area contributed by atoms with Gasteiger partial charge in [-0.3, -0.25) is 0 Å². The zero-order valence-electron chi connectivity index (χ0n) is 13.5. The average Bonchev–Trinajstić information content (AvgIpc) is 2.57. The number of anilines is 1. The van der Waals surface area contributed by atoms with Crippen molar-refractivity contribution in [1.82, 2.24) is 5.32 Å². The summed E-state index contributed by atoms with van der Waals surface area (Å²) in [4.78, 5) is 12.0. The Balaban J connectivity index is 1.86. The lowest BCUT2D eigenvalue weighted by molar-refractivity contribution is 0.172. The van der Waals surface area contributed by atoms with Crippen LogP contribution in [-0.2, 0) is 17.8 Å². The number of carbonyl (C=O) groups excluding carboxylic acids is 1. The van der Waals surface area contributed by atoms with E-state index in [1.165, 1.54) is 0 Å². The number of amides is 2. The third kappa shape index (κ3) is 5.53. The molecule has 0 heterocycles. The number of carbonyl (C=O) groups is 1. The zero-order valence-corrected chi connectivity index (χ0v) is 14.2. The SMILES string of the molecule is COCc1c(Cl)cccc1NC(=O)NCC(O)Cc1ccccc1. The molecule has 0 aliphatic carbocycles. The van der Waals surface area contributed by atoms with Crippen LogP contribution in [0.1, 0.15) is 11.1 Å². The number of benzene rings is 2. The van der Waals surface area contributed by atoms with Gasteiger partial charge in [0.05, 0.1) is 12.7 Å². The second kappa shape index (κ2) is 9.27. The van der Waals surface area contributed by atoms with E-state index in [-0.39, 0.29) is 6.54 Å². The third-order valence-electron chi connectivity index (χ3n) is 3.47. The molecule has 0 spiro atoms. The van der Waals surface area contributed by atoms with E-state index in [0.717, 1.165) is 5.56 Å². The van der Waals surface area contributed by atoms with Crippen LogP contribution >= 0.6 is 11.6 Å². The van der Waals surface area contributed by atoms with Gasteiger partial charge < -0.3 is 20.5 Å². The van der Waals surface area contributed by atoms with Crippen molar-refractivity contribution in [3.8, 4) is 0 Å². The van der Waals surface area contributed by atoms with E-state index < -0.39 is 12.1 Å². The predicted molar refractivity (Wildman–Crippen MR) is 95.3 cm³/mol. The largest absolute Gasteiger partial charge is 0.391 e. The molecule has 0 fully saturated rings. The van der Waals surface area contributed by atoms with Gasteiger partial charge in [-0.25, -0.2) is 4.79 Å². The molecule has 5 nitrogen and oxygen atoms in total. The molecule has 0 saturated heterocycles. The summed E-state index contributed by atoms with van der Waals surface area (Å²) in [5.41, 5.74) is 2.31. The van der Waals surface area contributed by atoms with Gasteiger partial charge in [0.1, 0.15) is 0 Å². The van der Waals surface area contributed by atoms with Crippen molar-refractivity contribution < 1.29 is 14.6 Å². The van der Waals surface area contributed by atoms with Gasteiger partial charge in [-0.05, 0) is 17.7 Å². The molecule has 2 aromatic rings. The summed E-state index contributed by atoms with van der Waals surface area (Å²) in [7, 11) is 1.56. The molecule has 6 heteroatoms. The molecule has 0 bridgehead atoms. The zero-order chi connectivity index (χ0) is 17.4. The molecule has 1 atom stereocenters. The molecule has 0 aromatic heterocycles. The smallest absolute Gasteiger partial charge is 0.319 e. The third-order valence-corrected chi connectivity index (χ3v) is 3.82. The number of aliphatic hydroxyl groups excluding tert-OH is 1. The average molecular weight is 349 g/mol. The highest BCUT2D eigenvalue weighted by molar-refractivity contribution is 6.31. The number of hydrogen-bond acceptors (Lipinski definition) is 3. The Bertz CT molecular complexity index is 665. The second-order valence-electron chi connectivity index (χ2n) is 5.38. The Morgan fingerprint density at radius 1 is 1.21 bits per heavy atom. The molecule has 0 aliphatic heterocycles. The van der Waals surface area contributed by atoms with Crippen LogP contribution in [0.25, 0.3) is 0 Å². The standard InChI is InChI=1S/C18H21ClN2O3/c1-24-12-15-16(19)8-5-9-17(15)21-18(23)20-11-14(22)10-13-6-3-2-4-7-13/h2-9,14,22H,10-12H2,1H3,(H2,20,21,23). The van der Waals surface area contributed by atoms with E-state index in [2.05, 4.69) is 10.6 Å². The minimum atomic E-state index is -0.657. The van der Waals surface area contributed by atoms with E-state index in [1.54, 1.807) is 25.3 Å². The number of rotatable bonds is 7. The predicted octanol–water partition coefficient (Wildman–Crippen LogP) is 3.21. The van der Waals surface area contributed by atoms with Crippen LogP contribution < -0.4 is 10.6 Å². The van der Waals surface area contributed by atoms with Gasteiger partial charge in [0, 0.05) is 36.3 Å². The summed E-state index contributed by atoms with van der Waals surface area (Å²) in [5, 5.41) is 15.9. The summed E-state index contributed by atoms with van der Waals surface area (Å²) in [5.74, 6) is 0. The van der Waals surface area contributed by atoms with Crippen LogP contribution in [-0.4, -0.2) is 30.9 Å². The summed E-state index contributed by atoms with van der Waals surface area (Å²) < 4.78 is 5.10. The van der Waals surface area contributed by atoms with E-state index in [9.17, 15) is 9.90 Å². The fourth-order valence-corrected chi connectivity index (χ4v) is 2.53. The highest BCUT2D eigenvalue weighted by Crippen LogP contribution is 2.25. The highest BCUT2D eigenvalue weighted by atomic mass is 35.5. The lowest BCUT2D eigenvalue weighted by Gasteiger charge is -2.15. The Labute approximate surface area is 146 Å². The van der Waals surface area contributed by atoms with Crippen molar-refractivity contribution in [3.05, 3.63) is 64.7 Å². The minimum Gasteiger partial charge on any atom is -0.391 e. The van der Waals surface area contributed by atoms with Crippen LogP contribution in [0, 0.1) is 0 Å². The maximum Gasteiger partial charge on any atom is 0.319 e. The van der Waals surface area contributed by atoms with Gasteiger partial charge >= 0.3 is 6.03 Å². The lowest BCUT2D eigenvalue weighted by Crippen LogP contribution is -2.36. The first kappa shape index (κ1) is 18.3. The molecule has 24 heavy (non-hydrogen) atoms. The Morgan fingerprint density at radius 2 is 1.96 bits per heavy atom. The quantitative estimate of drug-likeness (QED) is 0.719. The topological polar surface area (TPSA) is 70.6 Å². The number of urea groups is 1. The normalized spacial score (nSPS) is 11.8. The van der Waals surface area contributed by atoms with Crippen LogP contribution in [0.3, 0.4) is 0 Å². The number of hydrogen-bond donors (Lipinski definition) is 3. The molecule has 1 unspecified atom stereocenters. The number of nitrogens with one attached hydrogen (secondary N) is 2. The van der Waals surface area contributed by atoms with Gasteiger partial charge in [-0.2, -0.15) is 0 Å².